The van der Waals surface area contributed by atoms with Crippen LogP contribution in [0.1, 0.15) is 87.5 Å². The number of hydrogen-bond acceptors (Lipinski definition) is 3. The Morgan fingerprint density at radius 3 is 1.93 bits per heavy atom. The summed E-state index contributed by atoms with van der Waals surface area (Å²) in [5.41, 5.74) is 0.532. The van der Waals surface area contributed by atoms with Crippen molar-refractivity contribution in [1.82, 2.24) is 0 Å². The molecule has 0 heterocycles. The summed E-state index contributed by atoms with van der Waals surface area (Å²) in [6.07, 6.45) is 3.96. The second-order valence-corrected chi connectivity index (χ2v) is 10.7. The van der Waals surface area contributed by atoms with Gasteiger partial charge in [0.25, 0.3) is 0 Å². The van der Waals surface area contributed by atoms with Gasteiger partial charge in [-0.3, -0.25) is 4.79 Å². The summed E-state index contributed by atoms with van der Waals surface area (Å²) < 4.78 is 5.43. The van der Waals surface area contributed by atoms with Crippen molar-refractivity contribution in [2.75, 3.05) is 6.61 Å². The highest BCUT2D eigenvalue weighted by Crippen LogP contribution is 2.33. The lowest BCUT2D eigenvalue weighted by molar-refractivity contribution is -0.144. The maximum absolute atomic E-state index is 12.0. The molecule has 0 saturated carbocycles. The molecule has 0 bridgehead atoms. The highest BCUT2D eigenvalue weighted by molar-refractivity contribution is 5.92. The summed E-state index contributed by atoms with van der Waals surface area (Å²) in [7, 11) is 0. The molecule has 4 nitrogen and oxygen atoms in total. The first kappa shape index (κ1) is 25.7. The lowest BCUT2D eigenvalue weighted by Gasteiger charge is -2.31. The van der Waals surface area contributed by atoms with Crippen molar-refractivity contribution in [3.05, 3.63) is 12.2 Å². The van der Waals surface area contributed by atoms with E-state index in [0.717, 1.165) is 19.3 Å². The molecule has 0 aliphatic heterocycles. The van der Waals surface area contributed by atoms with E-state index in [1.165, 1.54) is 6.42 Å². The molecule has 0 spiro atoms. The summed E-state index contributed by atoms with van der Waals surface area (Å²) in [6, 6.07) is 0. The molecule has 3 unspecified atom stereocenters. The molecule has 0 aromatic heterocycles. The lowest BCUT2D eigenvalue weighted by Crippen LogP contribution is -2.25. The Morgan fingerprint density at radius 2 is 1.48 bits per heavy atom. The topological polar surface area (TPSA) is 63.6 Å². The van der Waals surface area contributed by atoms with Crippen LogP contribution in [-0.4, -0.2) is 23.7 Å². The summed E-state index contributed by atoms with van der Waals surface area (Å²) >= 11 is 0. The first-order chi connectivity index (χ1) is 12.1. The van der Waals surface area contributed by atoms with Crippen LogP contribution in [0.2, 0.25) is 0 Å². The molecule has 0 aromatic carbocycles. The van der Waals surface area contributed by atoms with Gasteiger partial charge in [-0.25, -0.2) is 4.79 Å². The maximum Gasteiger partial charge on any atom is 0.333 e. The van der Waals surface area contributed by atoms with E-state index in [0.29, 0.717) is 23.9 Å². The minimum absolute atomic E-state index is 0.00539. The highest BCUT2D eigenvalue weighted by atomic mass is 16.5. The Bertz CT molecular complexity index is 493. The van der Waals surface area contributed by atoms with Gasteiger partial charge < -0.3 is 9.84 Å². The first-order valence-corrected chi connectivity index (χ1v) is 10.2. The van der Waals surface area contributed by atoms with Gasteiger partial charge in [0.1, 0.15) is 0 Å². The molecule has 158 valence electrons. The van der Waals surface area contributed by atoms with Crippen molar-refractivity contribution in [2.45, 2.75) is 87.5 Å². The molecule has 3 atom stereocenters. The van der Waals surface area contributed by atoms with Gasteiger partial charge in [0.15, 0.2) is 0 Å². The Hall–Kier alpha value is -1.32. The van der Waals surface area contributed by atoms with E-state index < -0.39 is 11.9 Å². The normalized spacial score (nSPS) is 15.7. The van der Waals surface area contributed by atoms with E-state index >= 15 is 0 Å². The average molecular weight is 383 g/mol. The third kappa shape index (κ3) is 13.5. The van der Waals surface area contributed by atoms with Crippen LogP contribution in [0.5, 0.6) is 0 Å². The van der Waals surface area contributed by atoms with E-state index in [2.05, 4.69) is 62.0 Å². The molecule has 0 amide bonds. The van der Waals surface area contributed by atoms with Crippen LogP contribution < -0.4 is 0 Å². The van der Waals surface area contributed by atoms with Crippen molar-refractivity contribution in [2.24, 2.45) is 28.6 Å². The number of carboxylic acid groups (broad SMARTS) is 1. The molecule has 0 aliphatic carbocycles. The van der Waals surface area contributed by atoms with Crippen LogP contribution in [0.4, 0.5) is 0 Å². The fraction of sp³-hybridized carbons (Fsp3) is 0.826. The molecular weight excluding hydrogens is 340 g/mol. The Morgan fingerprint density at radius 1 is 0.963 bits per heavy atom. The van der Waals surface area contributed by atoms with E-state index in [4.69, 9.17) is 9.84 Å². The average Bonchev–Trinajstić information content (AvgIpc) is 2.42. The summed E-state index contributed by atoms with van der Waals surface area (Å²) in [5, 5.41) is 8.80. The zero-order valence-electron chi connectivity index (χ0n) is 18.9. The van der Waals surface area contributed by atoms with Crippen molar-refractivity contribution in [3.63, 3.8) is 0 Å². The standard InChI is InChI=1S/C23H42O4/c1-16(13-22(4,5)6)10-11-19(18(3)14-23(7,8)9)15-27-21(26)17(2)12-20(24)25/h16,18-19H,2,10-15H2,1,3-9H3,(H,24,25). The first-order valence-electron chi connectivity index (χ1n) is 10.2. The van der Waals surface area contributed by atoms with E-state index in [1.54, 1.807) is 0 Å². The monoisotopic (exact) mass is 382 g/mol. The third-order valence-corrected chi connectivity index (χ3v) is 4.81. The van der Waals surface area contributed by atoms with Gasteiger partial charge in [0.05, 0.1) is 13.0 Å². The number of ether oxygens (including phenoxy) is 1. The molecule has 0 rings (SSSR count). The molecule has 0 aliphatic rings. The van der Waals surface area contributed by atoms with Gasteiger partial charge in [-0.05, 0) is 47.8 Å². The summed E-state index contributed by atoms with van der Waals surface area (Å²) in [5.74, 6) is -0.341. The maximum atomic E-state index is 12.0. The minimum Gasteiger partial charge on any atom is -0.481 e. The molecule has 0 saturated heterocycles. The number of esters is 1. The van der Waals surface area contributed by atoms with Crippen LogP contribution in [0.3, 0.4) is 0 Å². The zero-order valence-corrected chi connectivity index (χ0v) is 18.9. The van der Waals surface area contributed by atoms with E-state index in [-0.39, 0.29) is 23.3 Å². The van der Waals surface area contributed by atoms with Crippen LogP contribution >= 0.6 is 0 Å². The number of aliphatic carboxylic acids is 1. The fourth-order valence-electron chi connectivity index (χ4n) is 3.85. The third-order valence-electron chi connectivity index (χ3n) is 4.81. The quantitative estimate of drug-likeness (QED) is 0.346. The number of hydrogen-bond donors (Lipinski definition) is 1. The molecule has 27 heavy (non-hydrogen) atoms. The number of carbonyl (C=O) groups excluding carboxylic acids is 1. The van der Waals surface area contributed by atoms with Crippen molar-refractivity contribution in [3.8, 4) is 0 Å². The number of carbonyl (C=O) groups is 2. The van der Waals surface area contributed by atoms with E-state index in [9.17, 15) is 9.59 Å². The highest BCUT2D eigenvalue weighted by Gasteiger charge is 2.26. The minimum atomic E-state index is -1.06. The molecule has 0 radical (unpaired) electrons. The Balaban J connectivity index is 4.86. The molecule has 4 heteroatoms. The Kier molecular flexibility index (Phi) is 10.3. The second-order valence-electron chi connectivity index (χ2n) is 10.7. The predicted octanol–water partition coefficient (Wildman–Crippen LogP) is 6.10. The number of carboxylic acids is 1. The SMILES string of the molecule is C=C(CC(=O)O)C(=O)OCC(CCC(C)CC(C)(C)C)C(C)CC(C)(C)C. The van der Waals surface area contributed by atoms with Gasteiger partial charge in [0.2, 0.25) is 0 Å². The molecule has 1 N–H and O–H groups in total. The van der Waals surface area contributed by atoms with Gasteiger partial charge in [-0.1, -0.05) is 68.4 Å². The van der Waals surface area contributed by atoms with Crippen molar-refractivity contribution >= 4 is 11.9 Å². The van der Waals surface area contributed by atoms with Crippen LogP contribution in [-0.2, 0) is 14.3 Å². The second kappa shape index (κ2) is 10.9. The van der Waals surface area contributed by atoms with Gasteiger partial charge in [-0.15, -0.1) is 0 Å². The largest absolute Gasteiger partial charge is 0.481 e. The van der Waals surface area contributed by atoms with Crippen LogP contribution in [0.15, 0.2) is 12.2 Å². The zero-order chi connectivity index (χ0) is 21.4. The summed E-state index contributed by atoms with van der Waals surface area (Å²) in [4.78, 5) is 22.8. The molecular formula is C23H42O4. The number of rotatable bonds is 11. The lowest BCUT2D eigenvalue weighted by atomic mass is 9.76. The fourth-order valence-corrected chi connectivity index (χ4v) is 3.85. The van der Waals surface area contributed by atoms with Gasteiger partial charge in [0, 0.05) is 5.57 Å². The predicted molar refractivity (Wildman–Crippen MR) is 112 cm³/mol. The van der Waals surface area contributed by atoms with Gasteiger partial charge in [-0.2, -0.15) is 0 Å². The van der Waals surface area contributed by atoms with Gasteiger partial charge >= 0.3 is 11.9 Å². The van der Waals surface area contributed by atoms with E-state index in [1.807, 2.05) is 0 Å². The smallest absolute Gasteiger partial charge is 0.333 e. The van der Waals surface area contributed by atoms with Crippen molar-refractivity contribution < 1.29 is 19.4 Å². The molecule has 0 fully saturated rings. The van der Waals surface area contributed by atoms with Crippen LogP contribution in [0, 0.1) is 28.6 Å². The summed E-state index contributed by atoms with van der Waals surface area (Å²) in [6.45, 7) is 21.8. The van der Waals surface area contributed by atoms with Crippen LogP contribution in [0.25, 0.3) is 0 Å². The van der Waals surface area contributed by atoms with Crippen molar-refractivity contribution in [1.29, 1.82) is 0 Å². The molecule has 0 aromatic rings. The Labute approximate surface area is 166 Å².